The SMILES string of the molecule is NCCNC(=O)CCCCCNC(=O)CCCC[C@@H]1SC[C@@H]2NC(=O)N[C@@H]21. The summed E-state index contributed by atoms with van der Waals surface area (Å²) in [5, 5.41) is 12.1. The Morgan fingerprint density at radius 1 is 1.00 bits per heavy atom. The van der Waals surface area contributed by atoms with Crippen LogP contribution in [0.25, 0.3) is 0 Å². The second-order valence-electron chi connectivity index (χ2n) is 7.17. The molecule has 9 heteroatoms. The molecule has 3 atom stereocenters. The number of unbranched alkanes of at least 4 members (excludes halogenated alkanes) is 3. The summed E-state index contributed by atoms with van der Waals surface area (Å²) in [4.78, 5) is 34.6. The van der Waals surface area contributed by atoms with Crippen LogP contribution in [0.1, 0.15) is 51.4 Å². The minimum Gasteiger partial charge on any atom is -0.356 e. The maximum absolute atomic E-state index is 11.9. The van der Waals surface area contributed by atoms with Crippen LogP contribution >= 0.6 is 11.8 Å². The average Bonchev–Trinajstić information content (AvgIpc) is 3.19. The molecule has 4 amide bonds. The molecule has 0 radical (unpaired) electrons. The summed E-state index contributed by atoms with van der Waals surface area (Å²) in [6, 6.07) is 0.460. The Labute approximate surface area is 165 Å². The van der Waals surface area contributed by atoms with Gasteiger partial charge in [0.05, 0.1) is 12.1 Å². The number of carbonyl (C=O) groups is 3. The van der Waals surface area contributed by atoms with Crippen molar-refractivity contribution in [2.45, 2.75) is 68.7 Å². The number of thioether (sulfide) groups is 1. The number of rotatable bonds is 13. The van der Waals surface area contributed by atoms with Gasteiger partial charge in [-0.25, -0.2) is 4.79 Å². The van der Waals surface area contributed by atoms with Crippen LogP contribution in [0.2, 0.25) is 0 Å². The van der Waals surface area contributed by atoms with Gasteiger partial charge in [-0.3, -0.25) is 9.59 Å². The van der Waals surface area contributed by atoms with E-state index >= 15 is 0 Å². The van der Waals surface area contributed by atoms with Gasteiger partial charge >= 0.3 is 6.03 Å². The summed E-state index contributed by atoms with van der Waals surface area (Å²) < 4.78 is 0. The van der Waals surface area contributed by atoms with Gasteiger partial charge in [0.25, 0.3) is 0 Å². The summed E-state index contributed by atoms with van der Waals surface area (Å²) in [7, 11) is 0. The number of nitrogens with two attached hydrogens (primary N) is 1. The third-order valence-electron chi connectivity index (χ3n) is 4.95. The molecule has 154 valence electrons. The molecule has 2 rings (SSSR count). The number of urea groups is 1. The molecule has 0 bridgehead atoms. The van der Waals surface area contributed by atoms with Crippen molar-refractivity contribution in [3.8, 4) is 0 Å². The first-order valence-corrected chi connectivity index (χ1v) is 11.1. The second kappa shape index (κ2) is 12.1. The van der Waals surface area contributed by atoms with Crippen molar-refractivity contribution in [1.82, 2.24) is 21.3 Å². The fraction of sp³-hybridized carbons (Fsp3) is 0.833. The number of amides is 4. The van der Waals surface area contributed by atoms with E-state index in [0.717, 1.165) is 44.3 Å². The van der Waals surface area contributed by atoms with Crippen molar-refractivity contribution in [2.75, 3.05) is 25.4 Å². The highest BCUT2D eigenvalue weighted by Crippen LogP contribution is 2.33. The molecule has 2 saturated heterocycles. The number of nitrogens with one attached hydrogen (secondary N) is 4. The summed E-state index contributed by atoms with van der Waals surface area (Å²) in [5.74, 6) is 1.12. The van der Waals surface area contributed by atoms with Crippen LogP contribution in [0.4, 0.5) is 4.79 Å². The Morgan fingerprint density at radius 2 is 1.70 bits per heavy atom. The molecule has 0 unspecified atom stereocenters. The van der Waals surface area contributed by atoms with Crippen molar-refractivity contribution in [3.05, 3.63) is 0 Å². The van der Waals surface area contributed by atoms with Crippen molar-refractivity contribution in [1.29, 1.82) is 0 Å². The van der Waals surface area contributed by atoms with E-state index in [0.29, 0.717) is 37.7 Å². The van der Waals surface area contributed by atoms with Crippen LogP contribution in [0.15, 0.2) is 0 Å². The van der Waals surface area contributed by atoms with Crippen molar-refractivity contribution >= 4 is 29.6 Å². The zero-order valence-electron chi connectivity index (χ0n) is 15.9. The van der Waals surface area contributed by atoms with Crippen LogP contribution in [0, 0.1) is 0 Å². The molecule has 27 heavy (non-hydrogen) atoms. The van der Waals surface area contributed by atoms with Gasteiger partial charge < -0.3 is 27.0 Å². The first-order valence-electron chi connectivity index (χ1n) is 10.0. The van der Waals surface area contributed by atoms with Crippen molar-refractivity contribution in [2.24, 2.45) is 5.73 Å². The summed E-state index contributed by atoms with van der Waals surface area (Å²) in [5.41, 5.74) is 5.33. The Morgan fingerprint density at radius 3 is 2.44 bits per heavy atom. The molecular weight excluding hydrogens is 366 g/mol. The molecule has 2 aliphatic heterocycles. The number of fused-ring (bicyclic) bond motifs is 1. The summed E-state index contributed by atoms with van der Waals surface area (Å²) >= 11 is 1.91. The van der Waals surface area contributed by atoms with Gasteiger partial charge in [-0.2, -0.15) is 11.8 Å². The molecule has 8 nitrogen and oxygen atoms in total. The van der Waals surface area contributed by atoms with Crippen molar-refractivity contribution in [3.63, 3.8) is 0 Å². The van der Waals surface area contributed by atoms with E-state index in [9.17, 15) is 14.4 Å². The molecule has 0 aliphatic carbocycles. The van der Waals surface area contributed by atoms with Gasteiger partial charge in [0.1, 0.15) is 0 Å². The lowest BCUT2D eigenvalue weighted by Gasteiger charge is -2.16. The monoisotopic (exact) mass is 399 g/mol. The highest BCUT2D eigenvalue weighted by Gasteiger charge is 2.42. The summed E-state index contributed by atoms with van der Waals surface area (Å²) in [6.07, 6.45) is 6.64. The van der Waals surface area contributed by atoms with E-state index in [1.165, 1.54) is 0 Å². The van der Waals surface area contributed by atoms with E-state index in [2.05, 4.69) is 21.3 Å². The van der Waals surface area contributed by atoms with E-state index in [1.54, 1.807) is 0 Å². The van der Waals surface area contributed by atoms with Crippen molar-refractivity contribution < 1.29 is 14.4 Å². The van der Waals surface area contributed by atoms with Crippen LogP contribution in [0.3, 0.4) is 0 Å². The van der Waals surface area contributed by atoms with Gasteiger partial charge in [0.2, 0.25) is 11.8 Å². The van der Waals surface area contributed by atoms with E-state index < -0.39 is 0 Å². The average molecular weight is 400 g/mol. The van der Waals surface area contributed by atoms with Crippen LogP contribution in [0.5, 0.6) is 0 Å². The zero-order valence-corrected chi connectivity index (χ0v) is 16.7. The highest BCUT2D eigenvalue weighted by molar-refractivity contribution is 8.00. The fourth-order valence-corrected chi connectivity index (χ4v) is 5.02. The first-order chi connectivity index (χ1) is 13.1. The topological polar surface area (TPSA) is 125 Å². The van der Waals surface area contributed by atoms with Gasteiger partial charge in [-0.15, -0.1) is 0 Å². The summed E-state index contributed by atoms with van der Waals surface area (Å²) in [6.45, 7) is 1.66. The lowest BCUT2D eigenvalue weighted by Crippen LogP contribution is -2.36. The Hall–Kier alpha value is -1.48. The third kappa shape index (κ3) is 7.96. The van der Waals surface area contributed by atoms with Gasteiger partial charge in [0, 0.05) is 43.5 Å². The maximum Gasteiger partial charge on any atom is 0.315 e. The lowest BCUT2D eigenvalue weighted by molar-refractivity contribution is -0.122. The molecule has 0 aromatic rings. The highest BCUT2D eigenvalue weighted by atomic mass is 32.2. The molecule has 0 spiro atoms. The van der Waals surface area contributed by atoms with Crippen LogP contribution in [-0.2, 0) is 9.59 Å². The molecular formula is C18H33N5O3S. The lowest BCUT2D eigenvalue weighted by atomic mass is 10.0. The standard InChI is InChI=1S/C18H33N5O3S/c19-9-11-21-16(25)7-2-1-5-10-20-15(24)8-4-3-6-14-17-13(12-27-14)22-18(26)23-17/h13-14,17H,1-12,19H2,(H,20,24)(H,21,25)(H2,22,23,26)/t13-,14-,17-/m0/s1. The van der Waals surface area contributed by atoms with Gasteiger partial charge in [-0.05, 0) is 25.7 Å². The molecule has 0 saturated carbocycles. The minimum atomic E-state index is -0.0501. The van der Waals surface area contributed by atoms with Gasteiger partial charge in [0.15, 0.2) is 0 Å². The van der Waals surface area contributed by atoms with Crippen LogP contribution in [-0.4, -0.2) is 60.6 Å². The number of hydrogen-bond donors (Lipinski definition) is 5. The second-order valence-corrected chi connectivity index (χ2v) is 8.44. The van der Waals surface area contributed by atoms with E-state index in [4.69, 9.17) is 5.73 Å². The molecule has 0 aromatic carbocycles. The molecule has 0 aromatic heterocycles. The quantitative estimate of drug-likeness (QED) is 0.227. The smallest absolute Gasteiger partial charge is 0.315 e. The predicted octanol–water partition coefficient (Wildman–Crippen LogP) is 0.464. The minimum absolute atomic E-state index is 0.0455. The normalized spacial score (nSPS) is 23.4. The Balaban J connectivity index is 1.41. The Bertz CT molecular complexity index is 505. The fourth-order valence-electron chi connectivity index (χ4n) is 3.48. The number of carbonyl (C=O) groups excluding carboxylic acids is 3. The van der Waals surface area contributed by atoms with E-state index in [-0.39, 0.29) is 29.9 Å². The molecule has 2 fully saturated rings. The predicted molar refractivity (Wildman–Crippen MR) is 107 cm³/mol. The largest absolute Gasteiger partial charge is 0.356 e. The van der Waals surface area contributed by atoms with Crippen LogP contribution < -0.4 is 27.0 Å². The molecule has 2 heterocycles. The zero-order chi connectivity index (χ0) is 19.5. The molecule has 6 N–H and O–H groups in total. The Kier molecular flexibility index (Phi) is 9.75. The van der Waals surface area contributed by atoms with Gasteiger partial charge in [-0.1, -0.05) is 12.8 Å². The molecule has 2 aliphatic rings. The maximum atomic E-state index is 11.9. The third-order valence-corrected chi connectivity index (χ3v) is 6.46. The first kappa shape index (κ1) is 21.8. The van der Waals surface area contributed by atoms with E-state index in [1.807, 2.05) is 11.8 Å². The number of hydrogen-bond acceptors (Lipinski definition) is 5.